The van der Waals surface area contributed by atoms with E-state index in [9.17, 15) is 14.4 Å². The Labute approximate surface area is 161 Å². The second kappa shape index (κ2) is 7.04. The van der Waals surface area contributed by atoms with Gasteiger partial charge in [-0.1, -0.05) is 41.9 Å². The van der Waals surface area contributed by atoms with Crippen LogP contribution >= 0.6 is 11.6 Å². The number of cyclic esters (lactones) is 1. The van der Waals surface area contributed by atoms with Crippen LogP contribution in [-0.4, -0.2) is 28.7 Å². The number of rotatable bonds is 4. The maximum Gasteiger partial charge on any atom is 0.340 e. The van der Waals surface area contributed by atoms with Crippen molar-refractivity contribution in [3.63, 3.8) is 0 Å². The number of hydrogen-bond acceptors (Lipinski definition) is 4. The van der Waals surface area contributed by atoms with E-state index in [-0.39, 0.29) is 18.2 Å². The summed E-state index contributed by atoms with van der Waals surface area (Å²) in [4.78, 5) is 38.6. The molecule has 0 aliphatic carbocycles. The standard InChI is InChI=1S/C20H17ClN2O4/c21-13-7-5-12(6-8-13)11-22-18(25)16-9-10-17(24)23(16)19-14-3-1-2-4-15(14)20(26)27-19/h1-8,16,19H,9-11H2,(H,22,25)/t16-,19+/m1/s1. The summed E-state index contributed by atoms with van der Waals surface area (Å²) in [5, 5.41) is 3.48. The number of fused-ring (bicyclic) bond motifs is 1. The topological polar surface area (TPSA) is 75.7 Å². The Kier molecular flexibility index (Phi) is 4.58. The van der Waals surface area contributed by atoms with E-state index in [4.69, 9.17) is 16.3 Å². The van der Waals surface area contributed by atoms with E-state index in [2.05, 4.69) is 5.32 Å². The zero-order valence-electron chi connectivity index (χ0n) is 14.4. The molecular weight excluding hydrogens is 368 g/mol. The molecule has 0 bridgehead atoms. The van der Waals surface area contributed by atoms with E-state index in [1.165, 1.54) is 4.90 Å². The maximum atomic E-state index is 12.7. The molecule has 0 spiro atoms. The van der Waals surface area contributed by atoms with Crippen LogP contribution in [0.25, 0.3) is 0 Å². The van der Waals surface area contributed by atoms with Crippen molar-refractivity contribution in [2.75, 3.05) is 0 Å². The average Bonchev–Trinajstić information content (AvgIpc) is 3.21. The molecule has 7 heteroatoms. The second-order valence-corrected chi connectivity index (χ2v) is 6.98. The highest BCUT2D eigenvalue weighted by Gasteiger charge is 2.46. The number of carbonyl (C=O) groups excluding carboxylic acids is 3. The number of amides is 2. The lowest BCUT2D eigenvalue weighted by molar-refractivity contribution is -0.145. The van der Waals surface area contributed by atoms with Crippen LogP contribution in [0.3, 0.4) is 0 Å². The van der Waals surface area contributed by atoms with E-state index < -0.39 is 18.2 Å². The minimum absolute atomic E-state index is 0.198. The molecule has 0 unspecified atom stereocenters. The van der Waals surface area contributed by atoms with Crippen molar-refractivity contribution in [3.8, 4) is 0 Å². The predicted octanol–water partition coefficient (Wildman–Crippen LogP) is 2.82. The van der Waals surface area contributed by atoms with Crippen LogP contribution in [0.2, 0.25) is 5.02 Å². The molecule has 2 atom stereocenters. The molecule has 2 heterocycles. The Morgan fingerprint density at radius 1 is 1.15 bits per heavy atom. The first-order chi connectivity index (χ1) is 13.0. The molecule has 1 fully saturated rings. The van der Waals surface area contributed by atoms with E-state index in [1.807, 2.05) is 12.1 Å². The first-order valence-corrected chi connectivity index (χ1v) is 9.05. The van der Waals surface area contributed by atoms with Gasteiger partial charge in [-0.2, -0.15) is 0 Å². The zero-order chi connectivity index (χ0) is 19.0. The van der Waals surface area contributed by atoms with Gasteiger partial charge in [-0.15, -0.1) is 0 Å². The molecule has 0 aromatic heterocycles. The lowest BCUT2D eigenvalue weighted by Gasteiger charge is -2.29. The van der Waals surface area contributed by atoms with Gasteiger partial charge in [-0.05, 0) is 30.2 Å². The molecule has 0 radical (unpaired) electrons. The van der Waals surface area contributed by atoms with Crippen LogP contribution in [0.4, 0.5) is 0 Å². The van der Waals surface area contributed by atoms with Crippen molar-refractivity contribution < 1.29 is 19.1 Å². The highest BCUT2D eigenvalue weighted by molar-refractivity contribution is 6.30. The Morgan fingerprint density at radius 2 is 1.89 bits per heavy atom. The van der Waals surface area contributed by atoms with Crippen molar-refractivity contribution >= 4 is 29.4 Å². The number of halogens is 1. The molecule has 138 valence electrons. The number of benzene rings is 2. The molecule has 6 nitrogen and oxygen atoms in total. The van der Waals surface area contributed by atoms with Crippen molar-refractivity contribution in [1.29, 1.82) is 0 Å². The largest absolute Gasteiger partial charge is 0.433 e. The Morgan fingerprint density at radius 3 is 2.67 bits per heavy atom. The molecule has 0 saturated carbocycles. The van der Waals surface area contributed by atoms with Crippen LogP contribution in [0.1, 0.15) is 40.6 Å². The monoisotopic (exact) mass is 384 g/mol. The van der Waals surface area contributed by atoms with Gasteiger partial charge in [0, 0.05) is 23.6 Å². The fourth-order valence-corrected chi connectivity index (χ4v) is 3.62. The number of likely N-dealkylation sites (tertiary alicyclic amines) is 1. The fraction of sp³-hybridized carbons (Fsp3) is 0.250. The molecule has 2 aliphatic rings. The second-order valence-electron chi connectivity index (χ2n) is 6.54. The van der Waals surface area contributed by atoms with Crippen LogP contribution in [0.15, 0.2) is 48.5 Å². The summed E-state index contributed by atoms with van der Waals surface area (Å²) in [6.45, 7) is 0.329. The van der Waals surface area contributed by atoms with E-state index in [0.29, 0.717) is 29.1 Å². The smallest absolute Gasteiger partial charge is 0.340 e. The van der Waals surface area contributed by atoms with Crippen molar-refractivity contribution in [3.05, 3.63) is 70.2 Å². The van der Waals surface area contributed by atoms with Gasteiger partial charge in [0.05, 0.1) is 5.56 Å². The van der Waals surface area contributed by atoms with Crippen molar-refractivity contribution in [1.82, 2.24) is 10.2 Å². The zero-order valence-corrected chi connectivity index (χ0v) is 15.1. The Hall–Kier alpha value is -2.86. The lowest BCUT2D eigenvalue weighted by Crippen LogP contribution is -2.46. The Bertz CT molecular complexity index is 912. The van der Waals surface area contributed by atoms with Gasteiger partial charge >= 0.3 is 5.97 Å². The molecule has 2 aromatic carbocycles. The lowest BCUT2D eigenvalue weighted by atomic mass is 10.1. The SMILES string of the molecule is O=C1O[C@H](N2C(=O)CC[C@@H]2C(=O)NCc2ccc(Cl)cc2)c2ccccc21. The van der Waals surface area contributed by atoms with Gasteiger partial charge in [0.15, 0.2) is 0 Å². The first kappa shape index (κ1) is 17.5. The summed E-state index contributed by atoms with van der Waals surface area (Å²) in [6.07, 6.45) is -0.216. The summed E-state index contributed by atoms with van der Waals surface area (Å²) >= 11 is 5.87. The molecule has 27 heavy (non-hydrogen) atoms. The average molecular weight is 385 g/mol. The number of carbonyl (C=O) groups is 3. The number of ether oxygens (including phenoxy) is 1. The van der Waals surface area contributed by atoms with Crippen molar-refractivity contribution in [2.24, 2.45) is 0 Å². The first-order valence-electron chi connectivity index (χ1n) is 8.68. The van der Waals surface area contributed by atoms with Crippen LogP contribution in [0, 0.1) is 0 Å². The van der Waals surface area contributed by atoms with Gasteiger partial charge in [0.25, 0.3) is 0 Å². The van der Waals surface area contributed by atoms with Gasteiger partial charge in [0.1, 0.15) is 6.04 Å². The third-order valence-electron chi connectivity index (χ3n) is 4.86. The molecule has 1 N–H and O–H groups in total. The minimum atomic E-state index is -0.852. The molecular formula is C20H17ClN2O4. The Balaban J connectivity index is 1.51. The maximum absolute atomic E-state index is 12.7. The summed E-state index contributed by atoms with van der Waals surface area (Å²) < 4.78 is 5.41. The summed E-state index contributed by atoms with van der Waals surface area (Å²) in [7, 11) is 0. The summed E-state index contributed by atoms with van der Waals surface area (Å²) in [6, 6.07) is 13.4. The van der Waals surface area contributed by atoms with Crippen LogP contribution < -0.4 is 5.32 Å². The van der Waals surface area contributed by atoms with Crippen LogP contribution in [0.5, 0.6) is 0 Å². The minimum Gasteiger partial charge on any atom is -0.433 e. The van der Waals surface area contributed by atoms with E-state index in [0.717, 1.165) is 5.56 Å². The molecule has 2 amide bonds. The van der Waals surface area contributed by atoms with Gasteiger partial charge in [-0.25, -0.2) is 4.79 Å². The third-order valence-corrected chi connectivity index (χ3v) is 5.11. The highest BCUT2D eigenvalue weighted by Crippen LogP contribution is 2.38. The number of hydrogen-bond donors (Lipinski definition) is 1. The number of nitrogens with one attached hydrogen (secondary N) is 1. The van der Waals surface area contributed by atoms with Gasteiger partial charge in [0.2, 0.25) is 18.0 Å². The summed E-state index contributed by atoms with van der Waals surface area (Å²) in [5.74, 6) is -0.942. The predicted molar refractivity (Wildman–Crippen MR) is 97.8 cm³/mol. The summed E-state index contributed by atoms with van der Waals surface area (Å²) in [5.41, 5.74) is 1.96. The normalized spacial score (nSPS) is 21.1. The number of esters is 1. The highest BCUT2D eigenvalue weighted by atomic mass is 35.5. The van der Waals surface area contributed by atoms with E-state index >= 15 is 0 Å². The third kappa shape index (κ3) is 3.28. The molecule has 1 saturated heterocycles. The van der Waals surface area contributed by atoms with Crippen LogP contribution in [-0.2, 0) is 20.9 Å². The van der Waals surface area contributed by atoms with E-state index in [1.54, 1.807) is 36.4 Å². The van der Waals surface area contributed by atoms with Gasteiger partial charge < -0.3 is 10.1 Å². The fourth-order valence-electron chi connectivity index (χ4n) is 3.50. The quantitative estimate of drug-likeness (QED) is 0.822. The molecule has 2 aliphatic heterocycles. The molecule has 4 rings (SSSR count). The van der Waals surface area contributed by atoms with Crippen molar-refractivity contribution in [2.45, 2.75) is 31.7 Å². The van der Waals surface area contributed by atoms with Gasteiger partial charge in [-0.3, -0.25) is 14.5 Å². The number of nitrogens with zero attached hydrogens (tertiary/aromatic N) is 1. The molecule has 2 aromatic rings.